The zero-order valence-corrected chi connectivity index (χ0v) is 28.5. The van der Waals surface area contributed by atoms with Crippen LogP contribution in [-0.2, 0) is 15.7 Å². The molecule has 12 nitrogen and oxygen atoms in total. The summed E-state index contributed by atoms with van der Waals surface area (Å²) in [4.78, 5) is 40.7. The number of methoxy groups -OCH3 is 1. The second-order valence-corrected chi connectivity index (χ2v) is 14.1. The molecule has 4 aromatic rings. The first-order valence-corrected chi connectivity index (χ1v) is 17.3. The molecule has 3 N–H and O–H groups in total. The molecule has 1 saturated heterocycles. The third-order valence-corrected chi connectivity index (χ3v) is 10.2. The summed E-state index contributed by atoms with van der Waals surface area (Å²) >= 11 is 0. The van der Waals surface area contributed by atoms with Gasteiger partial charge in [0.05, 0.1) is 43.5 Å². The number of ether oxygens (including phenoxy) is 1. The molecule has 51 heavy (non-hydrogen) atoms. The van der Waals surface area contributed by atoms with E-state index in [1.807, 2.05) is 13.1 Å². The summed E-state index contributed by atoms with van der Waals surface area (Å²) < 4.78 is 62.5. The Kier molecular flexibility index (Phi) is 9.56. The van der Waals surface area contributed by atoms with E-state index in [9.17, 15) is 22.4 Å². The zero-order chi connectivity index (χ0) is 35.9. The number of halogens is 4. The van der Waals surface area contributed by atoms with E-state index >= 15 is 0 Å². The molecular weight excluding hydrogens is 670 g/mol. The van der Waals surface area contributed by atoms with Gasteiger partial charge in [0.1, 0.15) is 28.9 Å². The SMILES string of the molecule is COCC1(CN(C)c2cc(-c3cc(C4CC4)nc(C(F)(F)F)c3)nc3nc(-c4cnc(N5CC[C@@H](NCC(=O)O)[C@@H](F)C5)cn4)[nH]c23)CCCC1. The summed E-state index contributed by atoms with van der Waals surface area (Å²) in [6, 6.07) is 4.01. The van der Waals surface area contributed by atoms with Crippen LogP contribution in [0.3, 0.4) is 0 Å². The number of fused-ring (bicyclic) bond motifs is 1. The van der Waals surface area contributed by atoms with Crippen LogP contribution >= 0.6 is 0 Å². The normalized spacial score (nSPS) is 20.6. The summed E-state index contributed by atoms with van der Waals surface area (Å²) in [5.41, 5.74) is 2.15. The molecule has 0 radical (unpaired) electrons. The van der Waals surface area contributed by atoms with Gasteiger partial charge in [0, 0.05) is 55.9 Å². The fraction of sp³-hybridized carbons (Fsp3) is 0.543. The highest BCUT2D eigenvalue weighted by Gasteiger charge is 2.37. The maximum atomic E-state index is 14.9. The molecule has 2 aliphatic carbocycles. The van der Waals surface area contributed by atoms with Crippen molar-refractivity contribution in [1.29, 1.82) is 0 Å². The summed E-state index contributed by atoms with van der Waals surface area (Å²) in [5.74, 6) is -0.191. The van der Waals surface area contributed by atoms with Crippen LogP contribution in [0.25, 0.3) is 33.9 Å². The summed E-state index contributed by atoms with van der Waals surface area (Å²) in [7, 11) is 3.66. The Morgan fingerprint density at radius 1 is 1.10 bits per heavy atom. The number of aromatic nitrogens is 6. The monoisotopic (exact) mass is 711 g/mol. The lowest BCUT2D eigenvalue weighted by molar-refractivity contribution is -0.141. The second-order valence-electron chi connectivity index (χ2n) is 14.1. The van der Waals surface area contributed by atoms with Gasteiger partial charge in [-0.05, 0) is 50.3 Å². The van der Waals surface area contributed by atoms with Crippen molar-refractivity contribution < 1.29 is 32.2 Å². The molecule has 3 fully saturated rings. The topological polar surface area (TPSA) is 145 Å². The number of imidazole rings is 1. The predicted octanol–water partition coefficient (Wildman–Crippen LogP) is 5.61. The third-order valence-electron chi connectivity index (χ3n) is 10.2. The lowest BCUT2D eigenvalue weighted by Crippen LogP contribution is -2.52. The molecule has 2 atom stereocenters. The van der Waals surface area contributed by atoms with Gasteiger partial charge < -0.3 is 29.9 Å². The number of aliphatic carboxylic acids is 1. The van der Waals surface area contributed by atoms with Crippen molar-refractivity contribution in [1.82, 2.24) is 35.2 Å². The van der Waals surface area contributed by atoms with Gasteiger partial charge in [0.15, 0.2) is 11.5 Å². The van der Waals surface area contributed by atoms with Crippen LogP contribution in [0, 0.1) is 5.41 Å². The van der Waals surface area contributed by atoms with Crippen LogP contribution in [0.4, 0.5) is 29.1 Å². The first-order valence-electron chi connectivity index (χ1n) is 17.3. The van der Waals surface area contributed by atoms with Crippen molar-refractivity contribution in [2.24, 2.45) is 5.41 Å². The van der Waals surface area contributed by atoms with Crippen LogP contribution in [0.1, 0.15) is 62.3 Å². The molecule has 0 aromatic carbocycles. The van der Waals surface area contributed by atoms with E-state index in [2.05, 4.69) is 30.2 Å². The van der Waals surface area contributed by atoms with Gasteiger partial charge in [-0.3, -0.25) is 4.79 Å². The Morgan fingerprint density at radius 3 is 2.53 bits per heavy atom. The minimum atomic E-state index is -4.61. The largest absolute Gasteiger partial charge is 0.480 e. The average Bonchev–Trinajstić information content (AvgIpc) is 3.71. The van der Waals surface area contributed by atoms with Crippen LogP contribution in [-0.4, -0.2) is 100 Å². The van der Waals surface area contributed by atoms with Gasteiger partial charge in [-0.2, -0.15) is 13.2 Å². The Morgan fingerprint density at radius 2 is 1.88 bits per heavy atom. The highest BCUT2D eigenvalue weighted by Crippen LogP contribution is 2.44. The average molecular weight is 712 g/mol. The molecule has 5 heterocycles. The predicted molar refractivity (Wildman–Crippen MR) is 182 cm³/mol. The molecule has 0 bridgehead atoms. The van der Waals surface area contributed by atoms with E-state index in [1.165, 1.54) is 12.4 Å². The van der Waals surface area contributed by atoms with Gasteiger partial charge >= 0.3 is 12.1 Å². The zero-order valence-electron chi connectivity index (χ0n) is 28.5. The number of carboxylic acid groups (broad SMARTS) is 1. The Hall–Kier alpha value is -4.44. The summed E-state index contributed by atoms with van der Waals surface area (Å²) in [6.07, 6.45) is 3.39. The highest BCUT2D eigenvalue weighted by atomic mass is 19.4. The van der Waals surface area contributed by atoms with Gasteiger partial charge in [-0.1, -0.05) is 12.8 Å². The van der Waals surface area contributed by atoms with Crippen molar-refractivity contribution >= 4 is 28.6 Å². The molecule has 4 aromatic heterocycles. The fourth-order valence-corrected chi connectivity index (χ4v) is 7.51. The highest BCUT2D eigenvalue weighted by molar-refractivity contribution is 5.91. The number of aromatic amines is 1. The number of hydrogen-bond donors (Lipinski definition) is 3. The number of carbonyl (C=O) groups is 1. The van der Waals surface area contributed by atoms with Gasteiger partial charge in [0.25, 0.3) is 0 Å². The standard InChI is InChI=1S/C35H41F4N9O3/c1-47(18-34(19-51-2)8-3-4-9-34)27-13-25(21-11-24(20-5-6-20)43-28(12-21)35(37,38)39)44-33-31(27)45-32(46-33)26-14-42-29(15-40-26)48-10-7-23(22(36)17-48)41-16-30(49)50/h11-15,20,22-23,41H,3-10,16-19H2,1-2H3,(H,49,50)(H,44,45,46)/t22-,23+/m0/s1. The number of rotatable bonds is 12. The number of alkyl halides is 4. The molecule has 2 saturated carbocycles. The van der Waals surface area contributed by atoms with Crippen molar-refractivity contribution in [3.05, 3.63) is 42.0 Å². The van der Waals surface area contributed by atoms with Crippen LogP contribution in [0.15, 0.2) is 30.6 Å². The first kappa shape index (κ1) is 35.0. The lowest BCUT2D eigenvalue weighted by Gasteiger charge is -2.35. The number of piperidine rings is 1. The molecule has 0 amide bonds. The molecule has 272 valence electrons. The second kappa shape index (κ2) is 13.9. The van der Waals surface area contributed by atoms with Crippen LogP contribution in [0.5, 0.6) is 0 Å². The molecule has 16 heteroatoms. The van der Waals surface area contributed by atoms with Crippen molar-refractivity contribution in [3.8, 4) is 22.8 Å². The van der Waals surface area contributed by atoms with Crippen molar-refractivity contribution in [2.45, 2.75) is 69.3 Å². The number of H-pyrrole nitrogens is 1. The molecule has 7 rings (SSSR count). The maximum absolute atomic E-state index is 14.9. The van der Waals surface area contributed by atoms with Crippen molar-refractivity contribution in [2.75, 3.05) is 56.7 Å². The molecule has 1 aliphatic heterocycles. The van der Waals surface area contributed by atoms with Crippen LogP contribution < -0.4 is 15.1 Å². The molecule has 3 aliphatic rings. The number of nitrogens with one attached hydrogen (secondary N) is 2. The summed E-state index contributed by atoms with van der Waals surface area (Å²) in [6.45, 7) is 1.46. The molecule has 0 spiro atoms. The molecule has 0 unspecified atom stereocenters. The number of hydrogen-bond acceptors (Lipinski definition) is 10. The number of pyridine rings is 2. The smallest absolute Gasteiger partial charge is 0.433 e. The number of carboxylic acids is 1. The van der Waals surface area contributed by atoms with Gasteiger partial charge in [-0.25, -0.2) is 29.3 Å². The Bertz CT molecular complexity index is 1880. The van der Waals surface area contributed by atoms with E-state index in [4.69, 9.17) is 19.8 Å². The van der Waals surface area contributed by atoms with E-state index in [-0.39, 0.29) is 24.4 Å². The lowest BCUT2D eigenvalue weighted by atomic mass is 9.86. The van der Waals surface area contributed by atoms with Crippen molar-refractivity contribution in [3.63, 3.8) is 0 Å². The third kappa shape index (κ3) is 7.61. The van der Waals surface area contributed by atoms with E-state index in [1.54, 1.807) is 18.1 Å². The maximum Gasteiger partial charge on any atom is 0.433 e. The summed E-state index contributed by atoms with van der Waals surface area (Å²) in [5, 5.41) is 11.7. The van der Waals surface area contributed by atoms with Gasteiger partial charge in [0.2, 0.25) is 0 Å². The van der Waals surface area contributed by atoms with E-state index in [0.29, 0.717) is 71.6 Å². The fourth-order valence-electron chi connectivity index (χ4n) is 7.51. The van der Waals surface area contributed by atoms with E-state index in [0.717, 1.165) is 50.3 Å². The molecular formula is C35H41F4N9O3. The first-order chi connectivity index (χ1) is 24.4. The Labute approximate surface area is 292 Å². The number of nitrogens with zero attached hydrogens (tertiary/aromatic N) is 7. The number of anilines is 2. The van der Waals surface area contributed by atoms with Gasteiger partial charge in [-0.15, -0.1) is 0 Å². The minimum absolute atomic E-state index is 0.00230. The minimum Gasteiger partial charge on any atom is -0.480 e. The quantitative estimate of drug-likeness (QED) is 0.158. The van der Waals surface area contributed by atoms with Crippen LogP contribution in [0.2, 0.25) is 0 Å². The Balaban J connectivity index is 1.22. The van der Waals surface area contributed by atoms with E-state index < -0.39 is 30.1 Å².